The number of carboxylic acid groups (broad SMARTS) is 1. The van der Waals surface area contributed by atoms with Gasteiger partial charge in [-0.1, -0.05) is 23.7 Å². The number of rotatable bonds is 5. The first-order valence-electron chi connectivity index (χ1n) is 6.92. The SMILES string of the molecule is CC(C(=O)O)N1CCCC(COc2ccccc2Cl)C1. The number of carbonyl (C=O) groups is 1. The quantitative estimate of drug-likeness (QED) is 0.908. The molecule has 20 heavy (non-hydrogen) atoms. The third-order valence-electron chi connectivity index (χ3n) is 3.77. The number of piperidine rings is 1. The van der Waals surface area contributed by atoms with Crippen LogP contribution in [-0.4, -0.2) is 41.7 Å². The lowest BCUT2D eigenvalue weighted by Crippen LogP contribution is -2.46. The fourth-order valence-electron chi connectivity index (χ4n) is 2.51. The van der Waals surface area contributed by atoms with Crippen molar-refractivity contribution in [2.45, 2.75) is 25.8 Å². The van der Waals surface area contributed by atoms with Crippen LogP contribution in [0.25, 0.3) is 0 Å². The Morgan fingerprint density at radius 1 is 1.55 bits per heavy atom. The minimum absolute atomic E-state index is 0.349. The van der Waals surface area contributed by atoms with Crippen LogP contribution >= 0.6 is 11.6 Å². The Morgan fingerprint density at radius 2 is 2.30 bits per heavy atom. The molecule has 110 valence electrons. The minimum atomic E-state index is -0.766. The summed E-state index contributed by atoms with van der Waals surface area (Å²) in [7, 11) is 0. The van der Waals surface area contributed by atoms with E-state index in [1.54, 1.807) is 13.0 Å². The first-order valence-corrected chi connectivity index (χ1v) is 7.30. The number of nitrogens with zero attached hydrogens (tertiary/aromatic N) is 1. The average molecular weight is 298 g/mol. The van der Waals surface area contributed by atoms with Gasteiger partial charge in [0.05, 0.1) is 11.6 Å². The molecule has 1 fully saturated rings. The van der Waals surface area contributed by atoms with Crippen LogP contribution in [0.1, 0.15) is 19.8 Å². The predicted octanol–water partition coefficient (Wildman–Crippen LogP) is 2.90. The van der Waals surface area contributed by atoms with Crippen LogP contribution in [0.4, 0.5) is 0 Å². The molecule has 1 aromatic rings. The van der Waals surface area contributed by atoms with Crippen LogP contribution in [0, 0.1) is 5.92 Å². The van der Waals surface area contributed by atoms with E-state index in [0.29, 0.717) is 23.3 Å². The van der Waals surface area contributed by atoms with Crippen molar-refractivity contribution in [1.82, 2.24) is 4.90 Å². The molecule has 0 radical (unpaired) electrons. The van der Waals surface area contributed by atoms with Crippen LogP contribution in [-0.2, 0) is 4.79 Å². The summed E-state index contributed by atoms with van der Waals surface area (Å²) in [5, 5.41) is 9.68. The van der Waals surface area contributed by atoms with Crippen LogP contribution in [0.5, 0.6) is 5.75 Å². The summed E-state index contributed by atoms with van der Waals surface area (Å²) in [5.74, 6) is 0.275. The standard InChI is InChI=1S/C15H20ClNO3/c1-11(15(18)19)17-8-4-5-12(9-17)10-20-14-7-3-2-6-13(14)16/h2-3,6-7,11-12H,4-5,8-10H2,1H3,(H,18,19). The second kappa shape index (κ2) is 6.95. The van der Waals surface area contributed by atoms with E-state index in [4.69, 9.17) is 21.4 Å². The summed E-state index contributed by atoms with van der Waals surface area (Å²) < 4.78 is 5.76. The van der Waals surface area contributed by atoms with Gasteiger partial charge in [-0.05, 0) is 38.4 Å². The molecule has 1 aliphatic rings. The van der Waals surface area contributed by atoms with Crippen LogP contribution in [0.3, 0.4) is 0 Å². The molecule has 0 spiro atoms. The molecule has 5 heteroatoms. The lowest BCUT2D eigenvalue weighted by molar-refractivity contribution is -0.143. The van der Waals surface area contributed by atoms with Gasteiger partial charge in [-0.15, -0.1) is 0 Å². The number of likely N-dealkylation sites (tertiary alicyclic amines) is 1. The lowest BCUT2D eigenvalue weighted by atomic mass is 9.97. The van der Waals surface area contributed by atoms with Crippen molar-refractivity contribution in [3.05, 3.63) is 29.3 Å². The molecule has 2 rings (SSSR count). The molecule has 0 aliphatic carbocycles. The van der Waals surface area contributed by atoms with E-state index in [1.807, 2.05) is 23.1 Å². The molecular weight excluding hydrogens is 278 g/mol. The number of aliphatic carboxylic acids is 1. The van der Waals surface area contributed by atoms with E-state index in [2.05, 4.69) is 0 Å². The van der Waals surface area contributed by atoms with Crippen molar-refractivity contribution < 1.29 is 14.6 Å². The van der Waals surface area contributed by atoms with Crippen molar-refractivity contribution >= 4 is 17.6 Å². The van der Waals surface area contributed by atoms with Gasteiger partial charge in [-0.25, -0.2) is 0 Å². The van der Waals surface area contributed by atoms with Gasteiger partial charge in [-0.3, -0.25) is 9.69 Å². The zero-order valence-electron chi connectivity index (χ0n) is 11.6. The Morgan fingerprint density at radius 3 is 3.00 bits per heavy atom. The Bertz CT molecular complexity index is 466. The summed E-state index contributed by atoms with van der Waals surface area (Å²) in [6.07, 6.45) is 2.07. The number of carboxylic acids is 1. The Hall–Kier alpha value is -1.26. The maximum Gasteiger partial charge on any atom is 0.320 e. The van der Waals surface area contributed by atoms with Gasteiger partial charge < -0.3 is 9.84 Å². The van der Waals surface area contributed by atoms with Crippen LogP contribution in [0.15, 0.2) is 24.3 Å². The topological polar surface area (TPSA) is 49.8 Å². The van der Waals surface area contributed by atoms with Gasteiger partial charge in [0.2, 0.25) is 0 Å². The maximum atomic E-state index is 11.0. The largest absolute Gasteiger partial charge is 0.492 e. The summed E-state index contributed by atoms with van der Waals surface area (Å²) in [4.78, 5) is 13.0. The first kappa shape index (κ1) is 15.1. The van der Waals surface area contributed by atoms with Gasteiger partial charge in [-0.2, -0.15) is 0 Å². The predicted molar refractivity (Wildman–Crippen MR) is 78.3 cm³/mol. The number of hydrogen-bond donors (Lipinski definition) is 1. The van der Waals surface area contributed by atoms with E-state index in [1.165, 1.54) is 0 Å². The highest BCUT2D eigenvalue weighted by atomic mass is 35.5. The molecule has 4 nitrogen and oxygen atoms in total. The smallest absolute Gasteiger partial charge is 0.320 e. The molecule has 1 aromatic carbocycles. The highest BCUT2D eigenvalue weighted by Crippen LogP contribution is 2.25. The minimum Gasteiger partial charge on any atom is -0.492 e. The molecule has 2 unspecified atom stereocenters. The van der Waals surface area contributed by atoms with Crippen LogP contribution in [0.2, 0.25) is 5.02 Å². The molecule has 0 aromatic heterocycles. The van der Waals surface area contributed by atoms with Gasteiger partial charge in [0.25, 0.3) is 0 Å². The van der Waals surface area contributed by atoms with E-state index in [0.717, 1.165) is 25.9 Å². The number of hydrogen-bond acceptors (Lipinski definition) is 3. The molecule has 2 atom stereocenters. The second-order valence-electron chi connectivity index (χ2n) is 5.26. The summed E-state index contributed by atoms with van der Waals surface area (Å²) >= 11 is 6.05. The molecular formula is C15H20ClNO3. The Kier molecular flexibility index (Phi) is 5.26. The number of para-hydroxylation sites is 1. The normalized spacial score (nSPS) is 21.4. The Labute approximate surface area is 124 Å². The highest BCUT2D eigenvalue weighted by Gasteiger charge is 2.27. The molecule has 1 N–H and O–H groups in total. The molecule has 0 amide bonds. The molecule has 1 saturated heterocycles. The third-order valence-corrected chi connectivity index (χ3v) is 4.08. The fourth-order valence-corrected chi connectivity index (χ4v) is 2.70. The third kappa shape index (κ3) is 3.87. The van der Waals surface area contributed by atoms with Crippen LogP contribution < -0.4 is 4.74 Å². The van der Waals surface area contributed by atoms with E-state index < -0.39 is 12.0 Å². The van der Waals surface area contributed by atoms with Crippen molar-refractivity contribution in [3.8, 4) is 5.75 Å². The monoisotopic (exact) mass is 297 g/mol. The van der Waals surface area contributed by atoms with Gasteiger partial charge in [0, 0.05) is 12.5 Å². The van der Waals surface area contributed by atoms with Crippen molar-refractivity contribution in [3.63, 3.8) is 0 Å². The molecule has 0 saturated carbocycles. The number of halogens is 1. The van der Waals surface area contributed by atoms with Gasteiger partial charge >= 0.3 is 5.97 Å². The van der Waals surface area contributed by atoms with E-state index in [9.17, 15) is 4.79 Å². The number of ether oxygens (including phenoxy) is 1. The average Bonchev–Trinajstić information content (AvgIpc) is 2.46. The maximum absolute atomic E-state index is 11.0. The second-order valence-corrected chi connectivity index (χ2v) is 5.67. The summed E-state index contributed by atoms with van der Waals surface area (Å²) in [6, 6.07) is 6.98. The lowest BCUT2D eigenvalue weighted by Gasteiger charge is -2.34. The first-order chi connectivity index (χ1) is 9.58. The fraction of sp³-hybridized carbons (Fsp3) is 0.533. The van der Waals surface area contributed by atoms with Gasteiger partial charge in [0.15, 0.2) is 0 Å². The Balaban J connectivity index is 1.87. The molecule has 1 aliphatic heterocycles. The van der Waals surface area contributed by atoms with Gasteiger partial charge in [0.1, 0.15) is 11.8 Å². The van der Waals surface area contributed by atoms with Crippen molar-refractivity contribution in [2.75, 3.05) is 19.7 Å². The van der Waals surface area contributed by atoms with E-state index in [-0.39, 0.29) is 0 Å². The zero-order valence-corrected chi connectivity index (χ0v) is 12.3. The summed E-state index contributed by atoms with van der Waals surface area (Å²) in [5.41, 5.74) is 0. The summed E-state index contributed by atoms with van der Waals surface area (Å²) in [6.45, 7) is 3.92. The van der Waals surface area contributed by atoms with E-state index >= 15 is 0 Å². The number of benzene rings is 1. The molecule has 1 heterocycles. The highest BCUT2D eigenvalue weighted by molar-refractivity contribution is 6.32. The molecule has 0 bridgehead atoms. The zero-order chi connectivity index (χ0) is 14.5. The van der Waals surface area contributed by atoms with Crippen molar-refractivity contribution in [1.29, 1.82) is 0 Å². The van der Waals surface area contributed by atoms with Crippen molar-refractivity contribution in [2.24, 2.45) is 5.92 Å².